The van der Waals surface area contributed by atoms with Crippen molar-refractivity contribution in [2.24, 2.45) is 0 Å². The van der Waals surface area contributed by atoms with Crippen LogP contribution in [0.5, 0.6) is 0 Å². The number of rotatable bonds is 4. The first-order chi connectivity index (χ1) is 10.4. The lowest BCUT2D eigenvalue weighted by atomic mass is 10.0. The first-order valence-corrected chi connectivity index (χ1v) is 7.31. The number of amides is 1. The molecule has 0 fully saturated rings. The minimum Gasteiger partial charge on any atom is -0.305 e. The number of benzene rings is 2. The summed E-state index contributed by atoms with van der Waals surface area (Å²) in [6, 6.07) is 9.63. The quantitative estimate of drug-likeness (QED) is 0.764. The molecule has 0 aliphatic heterocycles. The van der Waals surface area contributed by atoms with E-state index in [1.807, 2.05) is 6.92 Å². The summed E-state index contributed by atoms with van der Waals surface area (Å²) >= 11 is 5.87. The molecule has 116 valence electrons. The maximum atomic E-state index is 13.5. The zero-order valence-corrected chi connectivity index (χ0v) is 13.1. The summed E-state index contributed by atoms with van der Waals surface area (Å²) in [4.78, 5) is 13.6. The second-order valence-electron chi connectivity index (χ2n) is 4.99. The van der Waals surface area contributed by atoms with Crippen molar-refractivity contribution in [1.29, 1.82) is 0 Å². The molecule has 5 heteroatoms. The molecule has 0 N–H and O–H groups in total. The van der Waals surface area contributed by atoms with E-state index < -0.39 is 17.7 Å². The van der Waals surface area contributed by atoms with Crippen molar-refractivity contribution in [3.05, 3.63) is 64.7 Å². The molecule has 2 aromatic carbocycles. The average Bonchev–Trinajstić information content (AvgIpc) is 2.44. The average molecular weight is 324 g/mol. The van der Waals surface area contributed by atoms with Gasteiger partial charge in [0, 0.05) is 23.7 Å². The lowest BCUT2D eigenvalue weighted by molar-refractivity contribution is -0.117. The molecule has 22 heavy (non-hydrogen) atoms. The van der Waals surface area contributed by atoms with Crippen molar-refractivity contribution >= 4 is 23.2 Å². The first kappa shape index (κ1) is 16.4. The summed E-state index contributed by atoms with van der Waals surface area (Å²) in [7, 11) is 0. The monoisotopic (exact) mass is 323 g/mol. The Morgan fingerprint density at radius 2 is 1.68 bits per heavy atom. The Kier molecular flexibility index (Phi) is 5.14. The van der Waals surface area contributed by atoms with Crippen LogP contribution in [0.2, 0.25) is 5.02 Å². The summed E-state index contributed by atoms with van der Waals surface area (Å²) in [5, 5.41) is 0.553. The molecule has 0 radical (unpaired) electrons. The van der Waals surface area contributed by atoms with Gasteiger partial charge in [-0.05, 0) is 48.4 Å². The number of nitrogens with zero attached hydrogens (tertiary/aromatic N) is 1. The maximum Gasteiger partial charge on any atom is 0.224 e. The molecule has 0 aliphatic rings. The molecule has 0 spiro atoms. The van der Waals surface area contributed by atoms with Crippen molar-refractivity contribution < 1.29 is 13.6 Å². The molecule has 2 nitrogen and oxygen atoms in total. The predicted octanol–water partition coefficient (Wildman–Crippen LogP) is 5.12. The number of halogens is 3. The fourth-order valence-electron chi connectivity index (χ4n) is 2.52. The fourth-order valence-corrected chi connectivity index (χ4v) is 2.64. The van der Waals surface area contributed by atoms with Crippen LogP contribution in [0.3, 0.4) is 0 Å². The largest absolute Gasteiger partial charge is 0.305 e. The van der Waals surface area contributed by atoms with Crippen molar-refractivity contribution in [1.82, 2.24) is 0 Å². The Balaban J connectivity index is 2.48. The molecule has 1 atom stereocenters. The summed E-state index contributed by atoms with van der Waals surface area (Å²) < 4.78 is 27.0. The topological polar surface area (TPSA) is 20.3 Å². The number of anilines is 1. The summed E-state index contributed by atoms with van der Waals surface area (Å²) in [5.74, 6) is -1.53. The van der Waals surface area contributed by atoms with Crippen molar-refractivity contribution in [2.75, 3.05) is 4.90 Å². The van der Waals surface area contributed by atoms with Gasteiger partial charge in [-0.25, -0.2) is 8.78 Å². The minimum absolute atomic E-state index is 0.209. The lowest BCUT2D eigenvalue weighted by Gasteiger charge is -2.31. The SMILES string of the molecule is CC[C@H](c1cc(F)cc(F)c1)N(C(C)=O)c1ccc(Cl)cc1. The zero-order chi connectivity index (χ0) is 16.3. The van der Waals surface area contributed by atoms with Crippen molar-refractivity contribution in [3.8, 4) is 0 Å². The van der Waals surface area contributed by atoms with E-state index in [1.165, 1.54) is 24.0 Å². The summed E-state index contributed by atoms with van der Waals surface area (Å²) in [5.41, 5.74) is 1.05. The van der Waals surface area contributed by atoms with Crippen LogP contribution >= 0.6 is 11.6 Å². The third-order valence-electron chi connectivity index (χ3n) is 3.41. The maximum absolute atomic E-state index is 13.5. The smallest absolute Gasteiger partial charge is 0.224 e. The first-order valence-electron chi connectivity index (χ1n) is 6.93. The van der Waals surface area contributed by atoms with E-state index in [0.717, 1.165) is 6.07 Å². The molecule has 0 aliphatic carbocycles. The second kappa shape index (κ2) is 6.88. The van der Waals surface area contributed by atoms with Crippen molar-refractivity contribution in [2.45, 2.75) is 26.3 Å². The van der Waals surface area contributed by atoms with E-state index in [9.17, 15) is 13.6 Å². The predicted molar refractivity (Wildman–Crippen MR) is 84.0 cm³/mol. The van der Waals surface area contributed by atoms with Gasteiger partial charge in [0.2, 0.25) is 5.91 Å². The standard InChI is InChI=1S/C17H16ClF2NO/c1-3-17(12-8-14(19)10-15(20)9-12)21(11(2)22)16-6-4-13(18)5-7-16/h4-10,17H,3H2,1-2H3/t17-/m1/s1. The van der Waals surface area contributed by atoms with Crippen LogP contribution in [0.15, 0.2) is 42.5 Å². The van der Waals surface area contributed by atoms with Crippen LogP contribution < -0.4 is 4.90 Å². The highest BCUT2D eigenvalue weighted by Crippen LogP contribution is 2.31. The molecule has 0 aromatic heterocycles. The number of hydrogen-bond acceptors (Lipinski definition) is 1. The van der Waals surface area contributed by atoms with Gasteiger partial charge < -0.3 is 4.90 Å². The third-order valence-corrected chi connectivity index (χ3v) is 3.66. The van der Waals surface area contributed by atoms with Crippen LogP contribution in [0.1, 0.15) is 31.9 Å². The fraction of sp³-hybridized carbons (Fsp3) is 0.235. The van der Waals surface area contributed by atoms with Crippen LogP contribution in [-0.2, 0) is 4.79 Å². The number of carbonyl (C=O) groups is 1. The molecule has 2 rings (SSSR count). The van der Waals surface area contributed by atoms with E-state index >= 15 is 0 Å². The molecule has 1 amide bonds. The van der Waals surface area contributed by atoms with Crippen molar-refractivity contribution in [3.63, 3.8) is 0 Å². The summed E-state index contributed by atoms with van der Waals surface area (Å²) in [6.07, 6.45) is 0.519. The molecule has 0 saturated carbocycles. The van der Waals surface area contributed by atoms with E-state index in [1.54, 1.807) is 24.3 Å². The number of hydrogen-bond donors (Lipinski definition) is 0. The highest BCUT2D eigenvalue weighted by molar-refractivity contribution is 6.30. The van der Waals surface area contributed by atoms with Gasteiger partial charge in [0.05, 0.1) is 6.04 Å². The molecular formula is C17H16ClF2NO. The van der Waals surface area contributed by atoms with Gasteiger partial charge in [0.15, 0.2) is 0 Å². The van der Waals surface area contributed by atoms with Gasteiger partial charge in [-0.2, -0.15) is 0 Å². The molecule has 2 aromatic rings. The Hall–Kier alpha value is -1.94. The highest BCUT2D eigenvalue weighted by atomic mass is 35.5. The Bertz CT molecular complexity index is 653. The molecule has 0 heterocycles. The van der Waals surface area contributed by atoms with Crippen LogP contribution in [-0.4, -0.2) is 5.91 Å². The Morgan fingerprint density at radius 3 is 2.14 bits per heavy atom. The van der Waals surface area contributed by atoms with Crippen LogP contribution in [0.4, 0.5) is 14.5 Å². The molecule has 0 bridgehead atoms. The summed E-state index contributed by atoms with van der Waals surface area (Å²) in [6.45, 7) is 3.28. The van der Waals surface area contributed by atoms with Gasteiger partial charge >= 0.3 is 0 Å². The van der Waals surface area contributed by atoms with Gasteiger partial charge in [-0.15, -0.1) is 0 Å². The number of carbonyl (C=O) groups excluding carboxylic acids is 1. The minimum atomic E-state index is -0.659. The molecule has 0 unspecified atom stereocenters. The Labute approximate surface area is 133 Å². The normalized spacial score (nSPS) is 12.0. The van der Waals surface area contributed by atoms with E-state index in [-0.39, 0.29) is 5.91 Å². The zero-order valence-electron chi connectivity index (χ0n) is 12.3. The lowest BCUT2D eigenvalue weighted by Crippen LogP contribution is -2.33. The van der Waals surface area contributed by atoms with E-state index in [4.69, 9.17) is 11.6 Å². The molecule has 0 saturated heterocycles. The third kappa shape index (κ3) is 3.63. The Morgan fingerprint density at radius 1 is 1.14 bits per heavy atom. The highest BCUT2D eigenvalue weighted by Gasteiger charge is 2.24. The molecular weight excluding hydrogens is 308 g/mol. The van der Waals surface area contributed by atoms with Gasteiger partial charge in [0.1, 0.15) is 11.6 Å². The van der Waals surface area contributed by atoms with Gasteiger partial charge in [0.25, 0.3) is 0 Å². The van der Waals surface area contributed by atoms with Crippen LogP contribution in [0, 0.1) is 11.6 Å². The van der Waals surface area contributed by atoms with E-state index in [0.29, 0.717) is 22.7 Å². The van der Waals surface area contributed by atoms with E-state index in [2.05, 4.69) is 0 Å². The van der Waals surface area contributed by atoms with Crippen LogP contribution in [0.25, 0.3) is 0 Å². The second-order valence-corrected chi connectivity index (χ2v) is 5.43. The van der Waals surface area contributed by atoms with Gasteiger partial charge in [-0.3, -0.25) is 4.79 Å². The van der Waals surface area contributed by atoms with Gasteiger partial charge in [-0.1, -0.05) is 18.5 Å².